The molecule has 2 amide bonds. The molecule has 0 bridgehead atoms. The van der Waals surface area contributed by atoms with Crippen LogP contribution in [0.15, 0.2) is 28.7 Å². The number of nitrogens with one attached hydrogen (secondary N) is 2. The Morgan fingerprint density at radius 1 is 1.18 bits per heavy atom. The zero-order valence-electron chi connectivity index (χ0n) is 13.6. The van der Waals surface area contributed by atoms with Gasteiger partial charge in [0.25, 0.3) is 0 Å². The monoisotopic (exact) mass is 369 g/mol. The molecule has 0 heterocycles. The average molecular weight is 370 g/mol. The van der Waals surface area contributed by atoms with Crippen molar-refractivity contribution in [3.63, 3.8) is 0 Å². The number of amides is 2. The van der Waals surface area contributed by atoms with Gasteiger partial charge in [-0.3, -0.25) is 14.5 Å². The minimum Gasteiger partial charge on any atom is -0.350 e. The number of nitrogens with zero attached hydrogens (tertiary/aromatic N) is 1. The first kappa shape index (κ1) is 18.6. The van der Waals surface area contributed by atoms with Gasteiger partial charge in [-0.25, -0.2) is 0 Å². The highest BCUT2D eigenvalue weighted by atomic mass is 79.9. The molecule has 0 atom stereocenters. The van der Waals surface area contributed by atoms with Crippen LogP contribution in [0.2, 0.25) is 0 Å². The largest absolute Gasteiger partial charge is 0.350 e. The fraction of sp³-hybridized carbons (Fsp3) is 0.500. The number of halogens is 1. The molecule has 0 aromatic heterocycles. The topological polar surface area (TPSA) is 61.4 Å². The predicted molar refractivity (Wildman–Crippen MR) is 92.8 cm³/mol. The normalized spacial score (nSPS) is 11.4. The van der Waals surface area contributed by atoms with Crippen molar-refractivity contribution in [2.75, 3.05) is 25.5 Å². The van der Waals surface area contributed by atoms with Crippen molar-refractivity contribution in [1.29, 1.82) is 0 Å². The van der Waals surface area contributed by atoms with E-state index in [9.17, 15) is 9.59 Å². The van der Waals surface area contributed by atoms with Gasteiger partial charge in [-0.2, -0.15) is 0 Å². The van der Waals surface area contributed by atoms with E-state index in [1.165, 1.54) is 0 Å². The van der Waals surface area contributed by atoms with Crippen LogP contribution in [0.25, 0.3) is 0 Å². The molecule has 0 aliphatic heterocycles. The molecule has 0 saturated carbocycles. The molecular formula is C16H24BrN3O2. The third kappa shape index (κ3) is 7.56. The van der Waals surface area contributed by atoms with E-state index in [0.29, 0.717) is 13.0 Å². The van der Waals surface area contributed by atoms with E-state index in [0.717, 1.165) is 10.2 Å². The Morgan fingerprint density at radius 2 is 1.82 bits per heavy atom. The Hall–Kier alpha value is -1.40. The standard InChI is InChI=1S/C16H24BrN3O2/c1-16(2,3)19-15(22)11-20(4)10-9-14(21)18-13-8-6-5-7-12(13)17/h5-8H,9-11H2,1-4H3,(H,18,21)(H,19,22). The van der Waals surface area contributed by atoms with Crippen molar-refractivity contribution >= 4 is 33.4 Å². The lowest BCUT2D eigenvalue weighted by atomic mass is 10.1. The first-order chi connectivity index (χ1) is 10.2. The minimum atomic E-state index is -0.241. The molecule has 0 spiro atoms. The summed E-state index contributed by atoms with van der Waals surface area (Å²) in [4.78, 5) is 25.5. The van der Waals surface area contributed by atoms with E-state index in [1.54, 1.807) is 0 Å². The molecule has 0 radical (unpaired) electrons. The zero-order valence-corrected chi connectivity index (χ0v) is 15.2. The predicted octanol–water partition coefficient (Wildman–Crippen LogP) is 2.62. The fourth-order valence-corrected chi connectivity index (χ4v) is 2.23. The van der Waals surface area contributed by atoms with E-state index in [-0.39, 0.29) is 23.9 Å². The third-order valence-electron chi connectivity index (χ3n) is 2.80. The minimum absolute atomic E-state index is 0.0405. The van der Waals surface area contributed by atoms with E-state index in [4.69, 9.17) is 0 Å². The molecule has 0 unspecified atom stereocenters. The second-order valence-electron chi connectivity index (χ2n) is 6.31. The maximum Gasteiger partial charge on any atom is 0.234 e. The smallest absolute Gasteiger partial charge is 0.234 e. The number of hydrogen-bond donors (Lipinski definition) is 2. The number of rotatable bonds is 6. The van der Waals surface area contributed by atoms with Gasteiger partial charge in [-0.1, -0.05) is 12.1 Å². The van der Waals surface area contributed by atoms with E-state index in [2.05, 4.69) is 26.6 Å². The van der Waals surface area contributed by atoms with Crippen LogP contribution in [0.5, 0.6) is 0 Å². The van der Waals surface area contributed by atoms with Crippen LogP contribution in [0.1, 0.15) is 27.2 Å². The summed E-state index contributed by atoms with van der Waals surface area (Å²) in [6.07, 6.45) is 0.334. The summed E-state index contributed by atoms with van der Waals surface area (Å²) in [5.41, 5.74) is 0.509. The van der Waals surface area contributed by atoms with Crippen molar-refractivity contribution in [2.45, 2.75) is 32.7 Å². The number of carbonyl (C=O) groups is 2. The van der Waals surface area contributed by atoms with Gasteiger partial charge in [0.1, 0.15) is 0 Å². The van der Waals surface area contributed by atoms with Gasteiger partial charge in [0, 0.05) is 23.0 Å². The van der Waals surface area contributed by atoms with Gasteiger partial charge in [-0.05, 0) is 55.9 Å². The number of anilines is 1. The fourth-order valence-electron chi connectivity index (χ4n) is 1.85. The van der Waals surface area contributed by atoms with Gasteiger partial charge < -0.3 is 10.6 Å². The quantitative estimate of drug-likeness (QED) is 0.809. The van der Waals surface area contributed by atoms with Crippen LogP contribution in [-0.4, -0.2) is 42.4 Å². The highest BCUT2D eigenvalue weighted by molar-refractivity contribution is 9.10. The second kappa shape index (κ2) is 8.29. The molecule has 5 nitrogen and oxygen atoms in total. The van der Waals surface area contributed by atoms with Gasteiger partial charge in [-0.15, -0.1) is 0 Å². The summed E-state index contributed by atoms with van der Waals surface area (Å²) >= 11 is 3.39. The maximum absolute atomic E-state index is 11.9. The molecule has 22 heavy (non-hydrogen) atoms. The Balaban J connectivity index is 2.35. The SMILES string of the molecule is CN(CCC(=O)Nc1ccccc1Br)CC(=O)NC(C)(C)C. The second-order valence-corrected chi connectivity index (χ2v) is 7.17. The van der Waals surface area contributed by atoms with Crippen LogP contribution >= 0.6 is 15.9 Å². The number of benzene rings is 1. The lowest BCUT2D eigenvalue weighted by Crippen LogP contribution is -2.45. The number of carbonyl (C=O) groups excluding carboxylic acids is 2. The lowest BCUT2D eigenvalue weighted by Gasteiger charge is -2.23. The summed E-state index contributed by atoms with van der Waals surface area (Å²) in [7, 11) is 1.83. The zero-order chi connectivity index (χ0) is 16.8. The highest BCUT2D eigenvalue weighted by Gasteiger charge is 2.15. The van der Waals surface area contributed by atoms with Gasteiger partial charge in [0.05, 0.1) is 12.2 Å². The summed E-state index contributed by atoms with van der Waals surface area (Å²) in [5.74, 6) is -0.115. The average Bonchev–Trinajstić information content (AvgIpc) is 2.37. The van der Waals surface area contributed by atoms with Crippen LogP contribution in [0.3, 0.4) is 0 Å². The van der Waals surface area contributed by atoms with Crippen molar-refractivity contribution in [1.82, 2.24) is 10.2 Å². The number of hydrogen-bond acceptors (Lipinski definition) is 3. The van der Waals surface area contributed by atoms with Gasteiger partial charge in [0.15, 0.2) is 0 Å². The van der Waals surface area contributed by atoms with Crippen LogP contribution in [-0.2, 0) is 9.59 Å². The molecule has 0 aliphatic carbocycles. The Labute approximate surface area is 140 Å². The molecule has 2 N–H and O–H groups in total. The summed E-state index contributed by atoms with van der Waals surface area (Å²) in [6, 6.07) is 7.46. The number of para-hydroxylation sites is 1. The van der Waals surface area contributed by atoms with Crippen LogP contribution in [0, 0.1) is 0 Å². The first-order valence-corrected chi connectivity index (χ1v) is 8.00. The van der Waals surface area contributed by atoms with E-state index in [1.807, 2.05) is 57.0 Å². The summed E-state index contributed by atoms with van der Waals surface area (Å²) in [6.45, 7) is 6.62. The number of likely N-dealkylation sites (N-methyl/N-ethyl adjacent to an activating group) is 1. The van der Waals surface area contributed by atoms with Crippen molar-refractivity contribution < 1.29 is 9.59 Å². The summed E-state index contributed by atoms with van der Waals surface area (Å²) in [5, 5.41) is 5.74. The highest BCUT2D eigenvalue weighted by Crippen LogP contribution is 2.21. The van der Waals surface area contributed by atoms with Crippen molar-refractivity contribution in [3.8, 4) is 0 Å². The first-order valence-electron chi connectivity index (χ1n) is 7.21. The maximum atomic E-state index is 11.9. The Bertz CT molecular complexity index is 526. The molecule has 1 rings (SSSR count). The molecule has 0 fully saturated rings. The molecule has 1 aromatic rings. The Morgan fingerprint density at radius 3 is 2.41 bits per heavy atom. The van der Waals surface area contributed by atoms with Crippen molar-refractivity contribution in [3.05, 3.63) is 28.7 Å². The van der Waals surface area contributed by atoms with E-state index >= 15 is 0 Å². The lowest BCUT2D eigenvalue weighted by molar-refractivity contribution is -0.124. The molecule has 122 valence electrons. The van der Waals surface area contributed by atoms with E-state index < -0.39 is 0 Å². The van der Waals surface area contributed by atoms with Crippen LogP contribution in [0.4, 0.5) is 5.69 Å². The van der Waals surface area contributed by atoms with Crippen LogP contribution < -0.4 is 10.6 Å². The van der Waals surface area contributed by atoms with Gasteiger partial charge >= 0.3 is 0 Å². The molecular weight excluding hydrogens is 346 g/mol. The molecule has 1 aromatic carbocycles. The molecule has 0 saturated heterocycles. The molecule has 6 heteroatoms. The Kier molecular flexibility index (Phi) is 7.03. The van der Waals surface area contributed by atoms with Crippen molar-refractivity contribution in [2.24, 2.45) is 0 Å². The van der Waals surface area contributed by atoms with Gasteiger partial charge in [0.2, 0.25) is 11.8 Å². The summed E-state index contributed by atoms with van der Waals surface area (Å²) < 4.78 is 0.848. The molecule has 0 aliphatic rings. The third-order valence-corrected chi connectivity index (χ3v) is 3.49.